The van der Waals surface area contributed by atoms with Crippen molar-refractivity contribution in [3.63, 3.8) is 0 Å². The van der Waals surface area contributed by atoms with Crippen LogP contribution in [0.3, 0.4) is 0 Å². The summed E-state index contributed by atoms with van der Waals surface area (Å²) in [6, 6.07) is 8.75. The van der Waals surface area contributed by atoms with Crippen molar-refractivity contribution in [2.45, 2.75) is 74.7 Å². The largest absolute Gasteiger partial charge is 0.460 e. The Hall–Kier alpha value is -2.55. The first kappa shape index (κ1) is 22.1. The Balaban J connectivity index is 2.18. The van der Waals surface area contributed by atoms with Crippen molar-refractivity contribution in [3.05, 3.63) is 52.3 Å². The van der Waals surface area contributed by atoms with Crippen LogP contribution in [-0.4, -0.2) is 5.91 Å². The van der Waals surface area contributed by atoms with Crippen LogP contribution in [0.15, 0.2) is 28.7 Å². The van der Waals surface area contributed by atoms with Crippen molar-refractivity contribution in [2.24, 2.45) is 5.41 Å². The Morgan fingerprint density at radius 1 is 0.967 bits per heavy atom. The highest BCUT2D eigenvalue weighted by atomic mass is 16.3. The Kier molecular flexibility index (Phi) is 5.86. The molecular formula is C27H35NO2. The molecule has 0 fully saturated rings. The fourth-order valence-electron chi connectivity index (χ4n) is 4.17. The van der Waals surface area contributed by atoms with Gasteiger partial charge < -0.3 is 9.73 Å². The van der Waals surface area contributed by atoms with Gasteiger partial charge in [-0.25, -0.2) is 0 Å². The number of anilines is 1. The number of carbonyl (C=O) groups excluding carboxylic acids is 1. The lowest BCUT2D eigenvalue weighted by molar-refractivity contribution is -0.117. The number of furan rings is 1. The number of fused-ring (bicyclic) bond motifs is 1. The summed E-state index contributed by atoms with van der Waals surface area (Å²) in [5, 5.41) is 4.30. The summed E-state index contributed by atoms with van der Waals surface area (Å²) < 4.78 is 6.25. The number of amides is 1. The molecule has 0 unspecified atom stereocenters. The van der Waals surface area contributed by atoms with Gasteiger partial charge in [-0.1, -0.05) is 58.9 Å². The van der Waals surface area contributed by atoms with Crippen LogP contribution in [0.5, 0.6) is 0 Å². The predicted octanol–water partition coefficient (Wildman–Crippen LogP) is 7.83. The smallest absolute Gasteiger partial charge is 0.224 e. The molecule has 1 heterocycles. The minimum Gasteiger partial charge on any atom is -0.460 e. The molecule has 0 saturated heterocycles. The molecule has 160 valence electrons. The van der Waals surface area contributed by atoms with Crippen LogP contribution in [0.25, 0.3) is 22.1 Å². The first-order valence-corrected chi connectivity index (χ1v) is 10.8. The van der Waals surface area contributed by atoms with Crippen LogP contribution in [0.2, 0.25) is 0 Å². The van der Waals surface area contributed by atoms with Gasteiger partial charge in [-0.2, -0.15) is 0 Å². The van der Waals surface area contributed by atoms with Gasteiger partial charge >= 0.3 is 0 Å². The van der Waals surface area contributed by atoms with E-state index in [1.54, 1.807) is 0 Å². The van der Waals surface area contributed by atoms with Gasteiger partial charge in [-0.15, -0.1) is 0 Å². The van der Waals surface area contributed by atoms with Crippen LogP contribution >= 0.6 is 0 Å². The first-order valence-electron chi connectivity index (χ1n) is 10.8. The minimum atomic E-state index is -0.0550. The molecule has 0 aliphatic heterocycles. The van der Waals surface area contributed by atoms with Gasteiger partial charge in [-0.3, -0.25) is 4.79 Å². The summed E-state index contributed by atoms with van der Waals surface area (Å²) in [5.74, 6) is 1.46. The Bertz CT molecular complexity index is 1090. The fourth-order valence-corrected chi connectivity index (χ4v) is 4.17. The van der Waals surface area contributed by atoms with Crippen molar-refractivity contribution in [2.75, 3.05) is 5.32 Å². The van der Waals surface area contributed by atoms with Crippen molar-refractivity contribution in [1.82, 2.24) is 0 Å². The second-order valence-electron chi connectivity index (χ2n) is 10.0. The SMILES string of the molecule is Cc1oc2c(C)c(C)c(NC(=O)CC(C)(C)C)c(C)c2c1-c1ccc(C(C)C)cc1. The lowest BCUT2D eigenvalue weighted by Gasteiger charge is -2.20. The van der Waals surface area contributed by atoms with Crippen molar-refractivity contribution in [1.29, 1.82) is 0 Å². The Morgan fingerprint density at radius 3 is 2.10 bits per heavy atom. The summed E-state index contributed by atoms with van der Waals surface area (Å²) in [7, 11) is 0. The van der Waals surface area contributed by atoms with Crippen molar-refractivity contribution >= 4 is 22.6 Å². The molecular weight excluding hydrogens is 370 g/mol. The van der Waals surface area contributed by atoms with Crippen molar-refractivity contribution < 1.29 is 9.21 Å². The van der Waals surface area contributed by atoms with E-state index in [9.17, 15) is 4.79 Å². The van der Waals surface area contributed by atoms with Crippen molar-refractivity contribution in [3.8, 4) is 11.1 Å². The maximum atomic E-state index is 12.7. The highest BCUT2D eigenvalue weighted by molar-refractivity contribution is 6.05. The number of aryl methyl sites for hydroxylation is 3. The molecule has 0 atom stereocenters. The normalized spacial score (nSPS) is 12.1. The zero-order chi connectivity index (χ0) is 22.4. The number of carbonyl (C=O) groups is 1. The average Bonchev–Trinajstić information content (AvgIpc) is 2.99. The molecule has 0 saturated carbocycles. The lowest BCUT2D eigenvalue weighted by Crippen LogP contribution is -2.20. The minimum absolute atomic E-state index is 0.0514. The topological polar surface area (TPSA) is 42.2 Å². The highest BCUT2D eigenvalue weighted by Crippen LogP contribution is 2.42. The summed E-state index contributed by atoms with van der Waals surface area (Å²) >= 11 is 0. The number of rotatable bonds is 4. The van der Waals surface area contributed by atoms with E-state index in [0.29, 0.717) is 12.3 Å². The van der Waals surface area contributed by atoms with Gasteiger partial charge in [0, 0.05) is 23.1 Å². The summed E-state index contributed by atoms with van der Waals surface area (Å²) in [4.78, 5) is 12.7. The van der Waals surface area contributed by atoms with E-state index in [4.69, 9.17) is 4.42 Å². The first-order chi connectivity index (χ1) is 13.9. The van der Waals surface area contributed by atoms with Crippen LogP contribution in [0.4, 0.5) is 5.69 Å². The van der Waals surface area contributed by atoms with E-state index in [1.165, 1.54) is 5.56 Å². The molecule has 3 nitrogen and oxygen atoms in total. The summed E-state index contributed by atoms with van der Waals surface area (Å²) in [6.07, 6.45) is 0.483. The molecule has 30 heavy (non-hydrogen) atoms. The van der Waals surface area contributed by atoms with E-state index >= 15 is 0 Å². The molecule has 0 spiro atoms. The standard InChI is InChI=1S/C27H35NO2/c1-15(2)20-10-12-21(13-11-20)24-19(6)30-26-17(4)16(3)25(18(5)23(24)26)28-22(29)14-27(7,8)9/h10-13,15H,14H2,1-9H3,(H,28,29). The third kappa shape index (κ3) is 4.16. The molecule has 3 aromatic rings. The van der Waals surface area contributed by atoms with E-state index in [2.05, 4.69) is 85.0 Å². The highest BCUT2D eigenvalue weighted by Gasteiger charge is 2.23. The molecule has 0 radical (unpaired) electrons. The van der Waals surface area contributed by atoms with E-state index in [-0.39, 0.29) is 11.3 Å². The average molecular weight is 406 g/mol. The van der Waals surface area contributed by atoms with Gasteiger partial charge in [-0.05, 0) is 66.8 Å². The molecule has 3 heteroatoms. The molecule has 0 bridgehead atoms. The third-order valence-electron chi connectivity index (χ3n) is 5.93. The molecule has 0 aliphatic rings. The maximum absolute atomic E-state index is 12.7. The second-order valence-corrected chi connectivity index (χ2v) is 10.0. The quantitative estimate of drug-likeness (QED) is 0.480. The van der Waals surface area contributed by atoms with E-state index in [0.717, 1.165) is 50.2 Å². The molecule has 2 aromatic carbocycles. The molecule has 1 amide bonds. The molecule has 3 rings (SSSR count). The number of benzene rings is 2. The lowest BCUT2D eigenvalue weighted by atomic mass is 9.90. The summed E-state index contributed by atoms with van der Waals surface area (Å²) in [6.45, 7) is 18.9. The van der Waals surface area contributed by atoms with Gasteiger partial charge in [0.15, 0.2) is 0 Å². The van der Waals surface area contributed by atoms with Crippen LogP contribution in [0.1, 0.15) is 75.0 Å². The van der Waals surface area contributed by atoms with Crippen LogP contribution < -0.4 is 5.32 Å². The van der Waals surface area contributed by atoms with Gasteiger partial charge in [0.2, 0.25) is 5.91 Å². The number of hydrogen-bond donors (Lipinski definition) is 1. The molecule has 0 aliphatic carbocycles. The molecule has 1 aromatic heterocycles. The number of hydrogen-bond acceptors (Lipinski definition) is 2. The maximum Gasteiger partial charge on any atom is 0.224 e. The zero-order valence-corrected chi connectivity index (χ0v) is 19.9. The number of nitrogens with one attached hydrogen (secondary N) is 1. The van der Waals surface area contributed by atoms with Crippen LogP contribution in [-0.2, 0) is 4.79 Å². The van der Waals surface area contributed by atoms with Crippen LogP contribution in [0, 0.1) is 33.1 Å². The van der Waals surface area contributed by atoms with Gasteiger partial charge in [0.25, 0.3) is 0 Å². The van der Waals surface area contributed by atoms with E-state index in [1.807, 2.05) is 6.92 Å². The van der Waals surface area contributed by atoms with Gasteiger partial charge in [0.1, 0.15) is 11.3 Å². The Labute approximate surface area is 180 Å². The predicted molar refractivity (Wildman–Crippen MR) is 127 cm³/mol. The summed E-state index contributed by atoms with van der Waals surface area (Å²) in [5.41, 5.74) is 8.57. The zero-order valence-electron chi connectivity index (χ0n) is 19.9. The third-order valence-corrected chi connectivity index (χ3v) is 5.93. The monoisotopic (exact) mass is 405 g/mol. The second kappa shape index (κ2) is 7.94. The fraction of sp³-hybridized carbons (Fsp3) is 0.444. The Morgan fingerprint density at radius 2 is 1.57 bits per heavy atom. The van der Waals surface area contributed by atoms with Gasteiger partial charge in [0.05, 0.1) is 0 Å². The molecule has 1 N–H and O–H groups in total. The van der Waals surface area contributed by atoms with E-state index < -0.39 is 0 Å².